The molecule has 1 atom stereocenters. The van der Waals surface area contributed by atoms with E-state index in [-0.39, 0.29) is 6.04 Å². The summed E-state index contributed by atoms with van der Waals surface area (Å²) < 4.78 is 1.82. The minimum Gasteiger partial charge on any atom is -0.322 e. The van der Waals surface area contributed by atoms with Crippen molar-refractivity contribution in [2.45, 2.75) is 19.4 Å². The summed E-state index contributed by atoms with van der Waals surface area (Å²) in [6, 6.07) is 3.38. The van der Waals surface area contributed by atoms with Gasteiger partial charge < -0.3 is 5.73 Å². The highest BCUT2D eigenvalue weighted by atomic mass is 35.5. The van der Waals surface area contributed by atoms with Gasteiger partial charge in [0.25, 0.3) is 0 Å². The monoisotopic (exact) mass is 284 g/mol. The molecule has 2 aromatic heterocycles. The van der Waals surface area contributed by atoms with Crippen LogP contribution in [0.3, 0.4) is 0 Å². The Labute approximate surface area is 116 Å². The maximum Gasteiger partial charge on any atom is 0.0761 e. The van der Waals surface area contributed by atoms with Crippen LogP contribution in [-0.4, -0.2) is 14.8 Å². The van der Waals surface area contributed by atoms with Gasteiger partial charge in [-0.3, -0.25) is 9.67 Å². The van der Waals surface area contributed by atoms with E-state index < -0.39 is 0 Å². The van der Waals surface area contributed by atoms with Crippen molar-refractivity contribution in [1.82, 2.24) is 14.8 Å². The zero-order chi connectivity index (χ0) is 13.3. The average molecular weight is 285 g/mol. The van der Waals surface area contributed by atoms with E-state index in [1.807, 2.05) is 24.7 Å². The molecule has 0 saturated carbocycles. The molecular formula is C12H14Cl2N4. The van der Waals surface area contributed by atoms with Crippen molar-refractivity contribution < 1.29 is 0 Å². The molecule has 0 amide bonds. The van der Waals surface area contributed by atoms with Crippen LogP contribution in [0.1, 0.15) is 23.1 Å². The molecule has 0 spiro atoms. The molecule has 2 aromatic rings. The predicted molar refractivity (Wildman–Crippen MR) is 72.8 cm³/mol. The number of aryl methyl sites for hydroxylation is 2. The van der Waals surface area contributed by atoms with E-state index in [4.69, 9.17) is 28.9 Å². The number of nitrogens with two attached hydrogens (primary N) is 1. The molecule has 0 aliphatic heterocycles. The minimum absolute atomic E-state index is 0.274. The summed E-state index contributed by atoms with van der Waals surface area (Å²) in [5, 5.41) is 5.28. The number of hydrogen-bond donors (Lipinski definition) is 1. The van der Waals surface area contributed by atoms with Gasteiger partial charge in [0.1, 0.15) is 0 Å². The largest absolute Gasteiger partial charge is 0.322 e. The summed E-state index contributed by atoms with van der Waals surface area (Å²) in [4.78, 5) is 4.19. The zero-order valence-corrected chi connectivity index (χ0v) is 11.7. The zero-order valence-electron chi connectivity index (χ0n) is 10.2. The fourth-order valence-corrected chi connectivity index (χ4v) is 2.40. The van der Waals surface area contributed by atoms with Crippen LogP contribution in [0.2, 0.25) is 10.0 Å². The van der Waals surface area contributed by atoms with Gasteiger partial charge in [-0.2, -0.15) is 5.10 Å². The van der Waals surface area contributed by atoms with Crippen LogP contribution in [0.5, 0.6) is 0 Å². The minimum atomic E-state index is -0.274. The topological polar surface area (TPSA) is 56.7 Å². The molecule has 6 heteroatoms. The summed E-state index contributed by atoms with van der Waals surface area (Å²) in [5.74, 6) is 0. The highest BCUT2D eigenvalue weighted by molar-refractivity contribution is 6.34. The first-order valence-corrected chi connectivity index (χ1v) is 6.29. The second-order valence-corrected chi connectivity index (χ2v) is 5.08. The molecule has 2 N–H and O–H groups in total. The van der Waals surface area contributed by atoms with Crippen molar-refractivity contribution in [3.63, 3.8) is 0 Å². The number of aromatic nitrogens is 3. The van der Waals surface area contributed by atoms with Crippen molar-refractivity contribution in [3.05, 3.63) is 45.5 Å². The van der Waals surface area contributed by atoms with E-state index >= 15 is 0 Å². The number of halogens is 2. The van der Waals surface area contributed by atoms with Crippen molar-refractivity contribution in [3.8, 4) is 0 Å². The van der Waals surface area contributed by atoms with Gasteiger partial charge in [-0.05, 0) is 19.1 Å². The Morgan fingerprint density at radius 2 is 2.11 bits per heavy atom. The summed E-state index contributed by atoms with van der Waals surface area (Å²) in [5.41, 5.74) is 8.79. The second-order valence-electron chi connectivity index (χ2n) is 4.23. The molecule has 0 aliphatic rings. The molecule has 96 valence electrons. The Kier molecular flexibility index (Phi) is 3.90. The maximum atomic E-state index is 6.12. The third-order valence-corrected chi connectivity index (χ3v) is 3.22. The fraction of sp³-hybridized carbons (Fsp3) is 0.333. The first-order valence-electron chi connectivity index (χ1n) is 5.53. The summed E-state index contributed by atoms with van der Waals surface area (Å²) >= 11 is 11.9. The molecule has 0 radical (unpaired) electrons. The van der Waals surface area contributed by atoms with Crippen LogP contribution in [0.25, 0.3) is 0 Å². The third-order valence-electron chi connectivity index (χ3n) is 2.72. The van der Waals surface area contributed by atoms with Crippen LogP contribution in [0.4, 0.5) is 0 Å². The maximum absolute atomic E-state index is 6.12. The fourth-order valence-electron chi connectivity index (χ4n) is 1.88. The van der Waals surface area contributed by atoms with Gasteiger partial charge in [0.05, 0.1) is 27.5 Å². The van der Waals surface area contributed by atoms with Crippen LogP contribution in [0.15, 0.2) is 18.3 Å². The summed E-state index contributed by atoms with van der Waals surface area (Å²) in [6.07, 6.45) is 2.18. The third kappa shape index (κ3) is 2.83. The molecular weight excluding hydrogens is 271 g/mol. The lowest BCUT2D eigenvalue weighted by molar-refractivity contribution is 0.629. The average Bonchev–Trinajstić information content (AvgIpc) is 2.57. The SMILES string of the molecule is Cc1cc(CC(N)c2ncc(Cl)cc2Cl)n(C)n1. The molecule has 0 aliphatic carbocycles. The van der Waals surface area contributed by atoms with E-state index in [2.05, 4.69) is 10.1 Å². The number of rotatable bonds is 3. The van der Waals surface area contributed by atoms with Gasteiger partial charge in [-0.1, -0.05) is 23.2 Å². The predicted octanol–water partition coefficient (Wildman–Crippen LogP) is 2.67. The van der Waals surface area contributed by atoms with Crippen molar-refractivity contribution in [2.75, 3.05) is 0 Å². The van der Waals surface area contributed by atoms with E-state index in [1.165, 1.54) is 0 Å². The number of pyridine rings is 1. The van der Waals surface area contributed by atoms with Crippen molar-refractivity contribution >= 4 is 23.2 Å². The lowest BCUT2D eigenvalue weighted by Crippen LogP contribution is -2.17. The normalized spacial score (nSPS) is 12.7. The molecule has 18 heavy (non-hydrogen) atoms. The van der Waals surface area contributed by atoms with Crippen LogP contribution in [-0.2, 0) is 13.5 Å². The standard InChI is InChI=1S/C12H14Cl2N4/c1-7-3-9(18(2)17-7)5-11(15)12-10(14)4-8(13)6-16-12/h3-4,6,11H,5,15H2,1-2H3. The Hall–Kier alpha value is -1.10. The molecule has 0 fully saturated rings. The van der Waals surface area contributed by atoms with Gasteiger partial charge in [0.2, 0.25) is 0 Å². The molecule has 0 aromatic carbocycles. The molecule has 1 unspecified atom stereocenters. The molecule has 2 rings (SSSR count). The van der Waals surface area contributed by atoms with Gasteiger partial charge in [0, 0.05) is 25.4 Å². The molecule has 0 bridgehead atoms. The lowest BCUT2D eigenvalue weighted by Gasteiger charge is -2.12. The van der Waals surface area contributed by atoms with E-state index in [0.717, 1.165) is 11.4 Å². The Morgan fingerprint density at radius 3 is 2.67 bits per heavy atom. The van der Waals surface area contributed by atoms with Crippen LogP contribution < -0.4 is 5.73 Å². The number of nitrogens with zero attached hydrogens (tertiary/aromatic N) is 3. The molecule has 2 heterocycles. The Balaban J connectivity index is 2.21. The van der Waals surface area contributed by atoms with Gasteiger partial charge >= 0.3 is 0 Å². The quantitative estimate of drug-likeness (QED) is 0.943. The summed E-state index contributed by atoms with van der Waals surface area (Å²) in [6.45, 7) is 1.95. The lowest BCUT2D eigenvalue weighted by atomic mass is 10.1. The smallest absolute Gasteiger partial charge is 0.0761 e. The highest BCUT2D eigenvalue weighted by Crippen LogP contribution is 2.24. The van der Waals surface area contributed by atoms with E-state index in [1.54, 1.807) is 12.3 Å². The van der Waals surface area contributed by atoms with Gasteiger partial charge in [-0.15, -0.1) is 0 Å². The van der Waals surface area contributed by atoms with Gasteiger partial charge in [-0.25, -0.2) is 0 Å². The van der Waals surface area contributed by atoms with Crippen LogP contribution >= 0.6 is 23.2 Å². The van der Waals surface area contributed by atoms with Crippen molar-refractivity contribution in [1.29, 1.82) is 0 Å². The van der Waals surface area contributed by atoms with Gasteiger partial charge in [0.15, 0.2) is 0 Å². The number of hydrogen-bond acceptors (Lipinski definition) is 3. The second kappa shape index (κ2) is 5.26. The summed E-state index contributed by atoms with van der Waals surface area (Å²) in [7, 11) is 1.89. The Morgan fingerprint density at radius 1 is 1.39 bits per heavy atom. The first kappa shape index (κ1) is 13.3. The van der Waals surface area contributed by atoms with E-state index in [9.17, 15) is 0 Å². The molecule has 0 saturated heterocycles. The first-order chi connectivity index (χ1) is 8.47. The highest BCUT2D eigenvalue weighted by Gasteiger charge is 2.15. The van der Waals surface area contributed by atoms with Crippen molar-refractivity contribution in [2.24, 2.45) is 12.8 Å². The Bertz CT molecular complexity index is 565. The van der Waals surface area contributed by atoms with Crippen LogP contribution in [0, 0.1) is 6.92 Å². The molecule has 4 nitrogen and oxygen atoms in total. The van der Waals surface area contributed by atoms with E-state index in [0.29, 0.717) is 22.2 Å².